The van der Waals surface area contributed by atoms with Crippen LogP contribution in [0.15, 0.2) is 29.3 Å². The highest BCUT2D eigenvalue weighted by Gasteiger charge is 2.61. The minimum absolute atomic E-state index is 0.0740. The van der Waals surface area contributed by atoms with E-state index in [4.69, 9.17) is 4.74 Å². The molecule has 2 aromatic rings. The lowest BCUT2D eigenvalue weighted by molar-refractivity contribution is -0.150. The quantitative estimate of drug-likeness (QED) is 0.763. The summed E-state index contributed by atoms with van der Waals surface area (Å²) in [5, 5.41) is 7.83. The first-order valence-electron chi connectivity index (χ1n) is 9.95. The normalized spacial score (nSPS) is 33.1. The van der Waals surface area contributed by atoms with Gasteiger partial charge in [-0.25, -0.2) is 9.67 Å². The predicted molar refractivity (Wildman–Crippen MR) is 109 cm³/mol. The van der Waals surface area contributed by atoms with Crippen molar-refractivity contribution in [2.45, 2.75) is 51.0 Å². The summed E-state index contributed by atoms with van der Waals surface area (Å²) in [5.74, 6) is 2.15. The first-order chi connectivity index (χ1) is 13.4. The lowest BCUT2D eigenvalue weighted by Gasteiger charge is -2.60. The Kier molecular flexibility index (Phi) is 4.09. The smallest absolute Gasteiger partial charge is 0.230 e. The SMILES string of the molecule is COc1ccc(NC(=O)C23C[C@H]4C[C@H](C2)CC(n2cnc(Br)n2)(C4)C3)c(C)c1. The fourth-order valence-corrected chi connectivity index (χ4v) is 6.64. The van der Waals surface area contributed by atoms with Crippen LogP contribution in [0.1, 0.15) is 44.1 Å². The van der Waals surface area contributed by atoms with Crippen molar-refractivity contribution in [1.82, 2.24) is 14.8 Å². The Morgan fingerprint density at radius 1 is 1.29 bits per heavy atom. The van der Waals surface area contributed by atoms with E-state index in [9.17, 15) is 4.79 Å². The average Bonchev–Trinajstić information content (AvgIpc) is 3.09. The van der Waals surface area contributed by atoms with Gasteiger partial charge in [0.15, 0.2) is 0 Å². The highest BCUT2D eigenvalue weighted by molar-refractivity contribution is 9.10. The van der Waals surface area contributed by atoms with E-state index >= 15 is 0 Å². The van der Waals surface area contributed by atoms with Crippen LogP contribution in [0.3, 0.4) is 0 Å². The molecule has 6 rings (SSSR count). The number of hydrogen-bond donors (Lipinski definition) is 1. The van der Waals surface area contributed by atoms with E-state index in [2.05, 4.69) is 31.3 Å². The van der Waals surface area contributed by atoms with Gasteiger partial charge in [0.05, 0.1) is 18.1 Å². The number of amides is 1. The van der Waals surface area contributed by atoms with Crippen molar-refractivity contribution in [1.29, 1.82) is 0 Å². The van der Waals surface area contributed by atoms with Crippen LogP contribution in [0.4, 0.5) is 5.69 Å². The topological polar surface area (TPSA) is 69.0 Å². The number of rotatable bonds is 4. The first kappa shape index (κ1) is 18.2. The summed E-state index contributed by atoms with van der Waals surface area (Å²) >= 11 is 3.39. The molecule has 0 radical (unpaired) electrons. The zero-order chi connectivity index (χ0) is 19.5. The molecule has 1 aromatic heterocycles. The van der Waals surface area contributed by atoms with Crippen LogP contribution in [0.25, 0.3) is 0 Å². The molecule has 2 atom stereocenters. The second-order valence-electron chi connectivity index (χ2n) is 9.06. The maximum absolute atomic E-state index is 13.6. The molecule has 4 saturated carbocycles. The maximum Gasteiger partial charge on any atom is 0.230 e. The summed E-state index contributed by atoms with van der Waals surface area (Å²) in [6, 6.07) is 5.80. The number of halogens is 1. The van der Waals surface area contributed by atoms with Gasteiger partial charge < -0.3 is 10.1 Å². The lowest BCUT2D eigenvalue weighted by Crippen LogP contribution is -2.60. The van der Waals surface area contributed by atoms with Crippen molar-refractivity contribution in [2.75, 3.05) is 12.4 Å². The van der Waals surface area contributed by atoms with Gasteiger partial charge in [-0.2, -0.15) is 0 Å². The van der Waals surface area contributed by atoms with Gasteiger partial charge in [-0.05, 0) is 97.0 Å². The van der Waals surface area contributed by atoms with Crippen LogP contribution < -0.4 is 10.1 Å². The standard InChI is InChI=1S/C21H25BrN4O2/c1-13-5-16(28-2)3-4-17(13)24-18(27)20-7-14-6-15(8-20)10-21(9-14,11-20)26-12-23-19(22)25-26/h3-5,12,14-15H,6-11H2,1-2H3,(H,24,27)/t14-,15-,20?,21?/m1/s1. The highest BCUT2D eigenvalue weighted by Crippen LogP contribution is 2.64. The summed E-state index contributed by atoms with van der Waals surface area (Å²) in [6.45, 7) is 2.01. The zero-order valence-corrected chi connectivity index (χ0v) is 17.8. The summed E-state index contributed by atoms with van der Waals surface area (Å²) in [5.41, 5.74) is 1.51. The Morgan fingerprint density at radius 3 is 2.64 bits per heavy atom. The van der Waals surface area contributed by atoms with E-state index in [0.29, 0.717) is 16.6 Å². The van der Waals surface area contributed by atoms with Crippen LogP contribution in [-0.2, 0) is 10.3 Å². The number of aromatic nitrogens is 3. The number of ether oxygens (including phenoxy) is 1. The molecule has 0 unspecified atom stereocenters. The van der Waals surface area contributed by atoms with Gasteiger partial charge in [0.25, 0.3) is 0 Å². The summed E-state index contributed by atoms with van der Waals surface area (Å²) in [7, 11) is 1.66. The van der Waals surface area contributed by atoms with E-state index in [1.54, 1.807) is 7.11 Å². The van der Waals surface area contributed by atoms with E-state index < -0.39 is 0 Å². The Bertz CT molecular complexity index is 926. The third kappa shape index (κ3) is 2.78. The molecule has 4 aliphatic rings. The fraction of sp³-hybridized carbons (Fsp3) is 0.571. The van der Waals surface area contributed by atoms with Crippen molar-refractivity contribution < 1.29 is 9.53 Å². The molecule has 0 aliphatic heterocycles. The van der Waals surface area contributed by atoms with Crippen molar-refractivity contribution in [3.63, 3.8) is 0 Å². The number of nitrogens with one attached hydrogen (secondary N) is 1. The molecular formula is C21H25BrN4O2. The molecule has 4 bridgehead atoms. The number of aryl methyl sites for hydroxylation is 1. The third-order valence-electron chi connectivity index (χ3n) is 7.14. The molecule has 148 valence electrons. The molecule has 6 nitrogen and oxygen atoms in total. The molecular weight excluding hydrogens is 420 g/mol. The van der Waals surface area contributed by atoms with E-state index in [0.717, 1.165) is 49.1 Å². The maximum atomic E-state index is 13.6. The second kappa shape index (κ2) is 6.31. The fourth-order valence-electron chi connectivity index (χ4n) is 6.38. The lowest BCUT2D eigenvalue weighted by atomic mass is 9.46. The first-order valence-corrected chi connectivity index (χ1v) is 10.7. The third-order valence-corrected chi connectivity index (χ3v) is 7.51. The number of carbonyl (C=O) groups excluding carboxylic acids is 1. The highest BCUT2D eigenvalue weighted by atomic mass is 79.9. The van der Waals surface area contributed by atoms with Gasteiger partial charge in [-0.3, -0.25) is 4.79 Å². The van der Waals surface area contributed by atoms with Gasteiger partial charge in [0, 0.05) is 5.69 Å². The van der Waals surface area contributed by atoms with Crippen molar-refractivity contribution >= 4 is 27.5 Å². The Balaban J connectivity index is 1.45. The molecule has 4 fully saturated rings. The molecule has 0 spiro atoms. The number of nitrogens with zero attached hydrogens (tertiary/aromatic N) is 3. The van der Waals surface area contributed by atoms with Crippen molar-refractivity contribution in [2.24, 2.45) is 17.3 Å². The van der Waals surface area contributed by atoms with Gasteiger partial charge >= 0.3 is 0 Å². The van der Waals surface area contributed by atoms with E-state index in [1.807, 2.05) is 36.1 Å². The predicted octanol–water partition coefficient (Wildman–Crippen LogP) is 4.29. The van der Waals surface area contributed by atoms with Crippen LogP contribution in [0, 0.1) is 24.2 Å². The molecule has 1 amide bonds. The summed E-state index contributed by atoms with van der Waals surface area (Å²) < 4.78 is 7.95. The minimum atomic E-state index is -0.311. The van der Waals surface area contributed by atoms with Crippen LogP contribution in [0.5, 0.6) is 5.75 Å². The zero-order valence-electron chi connectivity index (χ0n) is 16.2. The number of hydrogen-bond acceptors (Lipinski definition) is 4. The summed E-state index contributed by atoms with van der Waals surface area (Å²) in [6.07, 6.45) is 8.12. The Hall–Kier alpha value is -1.89. The Morgan fingerprint density at radius 2 is 2.04 bits per heavy atom. The van der Waals surface area contributed by atoms with Gasteiger partial charge in [-0.15, -0.1) is 5.10 Å². The van der Waals surface area contributed by atoms with Crippen LogP contribution in [0.2, 0.25) is 0 Å². The molecule has 1 N–H and O–H groups in total. The van der Waals surface area contributed by atoms with E-state index in [1.165, 1.54) is 6.42 Å². The van der Waals surface area contributed by atoms with Gasteiger partial charge in [0.2, 0.25) is 10.6 Å². The molecule has 0 saturated heterocycles. The second-order valence-corrected chi connectivity index (χ2v) is 9.77. The van der Waals surface area contributed by atoms with Gasteiger partial charge in [-0.1, -0.05) is 0 Å². The van der Waals surface area contributed by atoms with Crippen molar-refractivity contribution in [3.8, 4) is 5.75 Å². The number of benzene rings is 1. The molecule has 1 aromatic carbocycles. The van der Waals surface area contributed by atoms with E-state index in [-0.39, 0.29) is 16.9 Å². The largest absolute Gasteiger partial charge is 0.497 e. The van der Waals surface area contributed by atoms with Crippen LogP contribution >= 0.6 is 15.9 Å². The Labute approximate surface area is 173 Å². The molecule has 1 heterocycles. The van der Waals surface area contributed by atoms with Crippen LogP contribution in [-0.4, -0.2) is 27.8 Å². The minimum Gasteiger partial charge on any atom is -0.497 e. The number of carbonyl (C=O) groups is 1. The summed E-state index contributed by atoms with van der Waals surface area (Å²) in [4.78, 5) is 17.8. The number of anilines is 1. The molecule has 7 heteroatoms. The molecule has 4 aliphatic carbocycles. The molecule has 28 heavy (non-hydrogen) atoms. The monoisotopic (exact) mass is 444 g/mol. The average molecular weight is 445 g/mol. The number of methoxy groups -OCH3 is 1. The van der Waals surface area contributed by atoms with Gasteiger partial charge in [0.1, 0.15) is 12.1 Å². The van der Waals surface area contributed by atoms with Crippen molar-refractivity contribution in [3.05, 3.63) is 34.8 Å².